The van der Waals surface area contributed by atoms with Crippen molar-refractivity contribution >= 4 is 5.78 Å². The third-order valence-electron chi connectivity index (χ3n) is 1.85. The minimum Gasteiger partial charge on any atom is -0.369 e. The molecule has 0 aliphatic carbocycles. The number of methoxy groups -OCH3 is 1. The number of halogens is 2. The van der Waals surface area contributed by atoms with Gasteiger partial charge in [0.15, 0.2) is 5.78 Å². The van der Waals surface area contributed by atoms with Crippen LogP contribution in [-0.2, 0) is 9.53 Å². The van der Waals surface area contributed by atoms with E-state index in [0.717, 1.165) is 12.1 Å². The van der Waals surface area contributed by atoms with Gasteiger partial charge in [-0.3, -0.25) is 4.79 Å². The van der Waals surface area contributed by atoms with E-state index >= 15 is 0 Å². The summed E-state index contributed by atoms with van der Waals surface area (Å²) in [7, 11) is 1.30. The number of carbonyl (C=O) groups excluding carboxylic acids is 1. The van der Waals surface area contributed by atoms with Gasteiger partial charge in [0.2, 0.25) is 0 Å². The van der Waals surface area contributed by atoms with E-state index < -0.39 is 17.7 Å². The van der Waals surface area contributed by atoms with Gasteiger partial charge >= 0.3 is 0 Å². The minimum atomic E-state index is -0.962. The van der Waals surface area contributed by atoms with Crippen molar-refractivity contribution < 1.29 is 18.3 Å². The molecule has 0 saturated heterocycles. The van der Waals surface area contributed by atoms with Crippen LogP contribution in [0.5, 0.6) is 0 Å². The van der Waals surface area contributed by atoms with Crippen molar-refractivity contribution in [1.82, 2.24) is 0 Å². The maximum Gasteiger partial charge on any atom is 0.163 e. The van der Waals surface area contributed by atoms with Crippen LogP contribution in [0.4, 0.5) is 8.78 Å². The Morgan fingerprint density at radius 3 is 2.50 bits per heavy atom. The lowest BCUT2D eigenvalue weighted by Gasteiger charge is -2.12. The molecule has 1 aromatic rings. The predicted octanol–water partition coefficient (Wildman–Crippen LogP) is 2.24. The van der Waals surface area contributed by atoms with Gasteiger partial charge in [0, 0.05) is 18.7 Å². The van der Waals surface area contributed by atoms with Crippen LogP contribution in [0.25, 0.3) is 0 Å². The van der Waals surface area contributed by atoms with Gasteiger partial charge in [-0.1, -0.05) is 6.07 Å². The first-order valence-electron chi connectivity index (χ1n) is 4.04. The number of hydrogen-bond donors (Lipinski definition) is 0. The van der Waals surface area contributed by atoms with Crippen molar-refractivity contribution in [2.75, 3.05) is 7.11 Å². The molecular formula is C10H10F2O2. The van der Waals surface area contributed by atoms with Crippen LogP contribution < -0.4 is 0 Å². The van der Waals surface area contributed by atoms with Crippen LogP contribution in [0.2, 0.25) is 0 Å². The summed E-state index contributed by atoms with van der Waals surface area (Å²) in [5, 5.41) is 0. The molecular weight excluding hydrogens is 190 g/mol. The van der Waals surface area contributed by atoms with Gasteiger partial charge in [0.05, 0.1) is 0 Å². The predicted molar refractivity (Wildman–Crippen MR) is 46.8 cm³/mol. The fraction of sp³-hybridized carbons (Fsp3) is 0.300. The Balaban J connectivity index is 3.10. The van der Waals surface area contributed by atoms with Crippen molar-refractivity contribution in [3.05, 3.63) is 35.4 Å². The van der Waals surface area contributed by atoms with E-state index in [1.165, 1.54) is 20.1 Å². The van der Waals surface area contributed by atoms with Gasteiger partial charge in [-0.25, -0.2) is 8.78 Å². The summed E-state index contributed by atoms with van der Waals surface area (Å²) in [6, 6.07) is 3.03. The highest BCUT2D eigenvalue weighted by Crippen LogP contribution is 2.21. The molecule has 1 aromatic carbocycles. The number of Topliss-reactive ketones (excluding diaryl/α,β-unsaturated/α-hetero) is 1. The van der Waals surface area contributed by atoms with Gasteiger partial charge in [-0.05, 0) is 13.0 Å². The van der Waals surface area contributed by atoms with E-state index in [-0.39, 0.29) is 11.3 Å². The molecule has 1 atom stereocenters. The number of hydrogen-bond acceptors (Lipinski definition) is 2. The molecule has 0 spiro atoms. The Bertz CT molecular complexity index is 350. The third-order valence-corrected chi connectivity index (χ3v) is 1.85. The molecule has 76 valence electrons. The standard InChI is InChI=1S/C10H10F2O2/c1-6(13)10(14-2)8-4-3-7(11)5-9(8)12/h3-5,10H,1-2H3. The van der Waals surface area contributed by atoms with Gasteiger partial charge in [-0.15, -0.1) is 0 Å². The number of benzene rings is 1. The molecule has 1 unspecified atom stereocenters. The summed E-state index contributed by atoms with van der Waals surface area (Å²) < 4.78 is 30.5. The Morgan fingerprint density at radius 1 is 1.43 bits per heavy atom. The highest BCUT2D eigenvalue weighted by atomic mass is 19.1. The van der Waals surface area contributed by atoms with E-state index in [1.807, 2.05) is 0 Å². The highest BCUT2D eigenvalue weighted by molar-refractivity contribution is 5.81. The van der Waals surface area contributed by atoms with Crippen LogP contribution in [0.1, 0.15) is 18.6 Å². The summed E-state index contributed by atoms with van der Waals surface area (Å²) in [4.78, 5) is 11.0. The average molecular weight is 200 g/mol. The lowest BCUT2D eigenvalue weighted by atomic mass is 10.1. The fourth-order valence-corrected chi connectivity index (χ4v) is 1.23. The molecule has 0 saturated carbocycles. The quantitative estimate of drug-likeness (QED) is 0.747. The first-order chi connectivity index (χ1) is 6.56. The molecule has 4 heteroatoms. The van der Waals surface area contributed by atoms with Crippen LogP contribution in [0, 0.1) is 11.6 Å². The molecule has 0 aromatic heterocycles. The zero-order chi connectivity index (χ0) is 10.7. The molecule has 0 fully saturated rings. The maximum absolute atomic E-state index is 13.2. The lowest BCUT2D eigenvalue weighted by molar-refractivity contribution is -0.127. The summed E-state index contributed by atoms with van der Waals surface area (Å²) in [6.45, 7) is 1.29. The Hall–Kier alpha value is -1.29. The largest absolute Gasteiger partial charge is 0.369 e. The van der Waals surface area contributed by atoms with Gasteiger partial charge < -0.3 is 4.74 Å². The number of rotatable bonds is 3. The van der Waals surface area contributed by atoms with E-state index in [2.05, 4.69) is 0 Å². The Kier molecular flexibility index (Phi) is 3.30. The van der Waals surface area contributed by atoms with Crippen LogP contribution in [-0.4, -0.2) is 12.9 Å². The summed E-state index contributed by atoms with van der Waals surface area (Å²) in [5.74, 6) is -1.77. The monoisotopic (exact) mass is 200 g/mol. The second-order valence-corrected chi connectivity index (χ2v) is 2.89. The zero-order valence-electron chi connectivity index (χ0n) is 7.88. The van der Waals surface area contributed by atoms with Crippen molar-refractivity contribution in [3.63, 3.8) is 0 Å². The van der Waals surface area contributed by atoms with Crippen LogP contribution >= 0.6 is 0 Å². The maximum atomic E-state index is 13.2. The second kappa shape index (κ2) is 4.28. The second-order valence-electron chi connectivity index (χ2n) is 2.89. The molecule has 2 nitrogen and oxygen atoms in total. The molecule has 0 aliphatic rings. The topological polar surface area (TPSA) is 26.3 Å². The number of ketones is 1. The molecule has 0 heterocycles. The van der Waals surface area contributed by atoms with E-state index in [0.29, 0.717) is 0 Å². The number of ether oxygens (including phenoxy) is 1. The summed E-state index contributed by atoms with van der Waals surface area (Å²) in [5.41, 5.74) is 0.0569. The van der Waals surface area contributed by atoms with Crippen LogP contribution in [0.3, 0.4) is 0 Å². The van der Waals surface area contributed by atoms with Crippen molar-refractivity contribution in [3.8, 4) is 0 Å². The normalized spacial score (nSPS) is 12.6. The van der Waals surface area contributed by atoms with Crippen molar-refractivity contribution in [2.24, 2.45) is 0 Å². The van der Waals surface area contributed by atoms with Crippen molar-refractivity contribution in [2.45, 2.75) is 13.0 Å². The molecule has 14 heavy (non-hydrogen) atoms. The smallest absolute Gasteiger partial charge is 0.163 e. The van der Waals surface area contributed by atoms with E-state index in [4.69, 9.17) is 4.74 Å². The van der Waals surface area contributed by atoms with Gasteiger partial charge in [0.1, 0.15) is 17.7 Å². The zero-order valence-corrected chi connectivity index (χ0v) is 7.88. The molecule has 0 bridgehead atoms. The average Bonchev–Trinajstić information content (AvgIpc) is 2.09. The highest BCUT2D eigenvalue weighted by Gasteiger charge is 2.19. The first-order valence-corrected chi connectivity index (χ1v) is 4.04. The first kappa shape index (κ1) is 10.8. The van der Waals surface area contributed by atoms with Crippen molar-refractivity contribution in [1.29, 1.82) is 0 Å². The van der Waals surface area contributed by atoms with E-state index in [9.17, 15) is 13.6 Å². The SMILES string of the molecule is COC(C(C)=O)c1ccc(F)cc1F. The third kappa shape index (κ3) is 2.14. The van der Waals surface area contributed by atoms with Gasteiger partial charge in [0.25, 0.3) is 0 Å². The number of carbonyl (C=O) groups is 1. The summed E-state index contributed by atoms with van der Waals surface area (Å²) >= 11 is 0. The van der Waals surface area contributed by atoms with Gasteiger partial charge in [-0.2, -0.15) is 0 Å². The lowest BCUT2D eigenvalue weighted by Crippen LogP contribution is -2.12. The Labute approximate surface area is 80.5 Å². The van der Waals surface area contributed by atoms with E-state index in [1.54, 1.807) is 0 Å². The fourth-order valence-electron chi connectivity index (χ4n) is 1.23. The summed E-state index contributed by atoms with van der Waals surface area (Å²) in [6.07, 6.45) is -0.962. The molecule has 0 aliphatic heterocycles. The Morgan fingerprint density at radius 2 is 2.07 bits per heavy atom. The minimum absolute atomic E-state index is 0.0569. The molecule has 1 rings (SSSR count). The van der Waals surface area contributed by atoms with Crippen LogP contribution in [0.15, 0.2) is 18.2 Å². The molecule has 0 amide bonds. The molecule has 0 N–H and O–H groups in total. The molecule has 0 radical (unpaired) electrons.